The van der Waals surface area contributed by atoms with E-state index >= 15 is 0 Å². The van der Waals surface area contributed by atoms with Gasteiger partial charge in [-0.2, -0.15) is 0 Å². The second kappa shape index (κ2) is 7.78. The maximum atomic E-state index is 12.0. The van der Waals surface area contributed by atoms with Crippen LogP contribution in [0.5, 0.6) is 0 Å². The monoisotopic (exact) mass is 297 g/mol. The summed E-state index contributed by atoms with van der Waals surface area (Å²) >= 11 is 0. The summed E-state index contributed by atoms with van der Waals surface area (Å²) in [5.41, 5.74) is 5.64. The van der Waals surface area contributed by atoms with Crippen LogP contribution in [0.15, 0.2) is 0 Å². The maximum absolute atomic E-state index is 12.0. The number of hydrogen-bond acceptors (Lipinski definition) is 3. The first-order valence-electron chi connectivity index (χ1n) is 8.04. The van der Waals surface area contributed by atoms with Gasteiger partial charge in [0.1, 0.15) is 0 Å². The number of nitrogens with two attached hydrogens (primary N) is 1. The van der Waals surface area contributed by atoms with Crippen molar-refractivity contribution in [3.8, 4) is 0 Å². The Morgan fingerprint density at radius 1 is 1.10 bits per heavy atom. The zero-order valence-corrected chi connectivity index (χ0v) is 13.8. The molecule has 0 spiro atoms. The van der Waals surface area contributed by atoms with Crippen LogP contribution in [-0.2, 0) is 9.59 Å². The van der Waals surface area contributed by atoms with Gasteiger partial charge >= 0.3 is 0 Å². The van der Waals surface area contributed by atoms with Crippen molar-refractivity contribution in [2.75, 3.05) is 13.1 Å². The van der Waals surface area contributed by atoms with Crippen molar-refractivity contribution in [2.24, 2.45) is 11.1 Å². The van der Waals surface area contributed by atoms with E-state index in [-0.39, 0.29) is 22.8 Å². The molecule has 21 heavy (non-hydrogen) atoms. The third-order valence-corrected chi connectivity index (χ3v) is 4.07. The fraction of sp³-hybridized carbons (Fsp3) is 0.875. The Kier molecular flexibility index (Phi) is 6.65. The lowest BCUT2D eigenvalue weighted by atomic mass is 9.71. The number of rotatable bonds is 6. The van der Waals surface area contributed by atoms with Gasteiger partial charge in [-0.3, -0.25) is 9.59 Å². The topological polar surface area (TPSA) is 84.2 Å². The second-order valence-corrected chi connectivity index (χ2v) is 7.34. The second-order valence-electron chi connectivity index (χ2n) is 7.34. The fourth-order valence-electron chi connectivity index (χ4n) is 2.95. The molecule has 0 radical (unpaired) electrons. The van der Waals surface area contributed by atoms with E-state index in [1.807, 2.05) is 20.8 Å². The molecule has 0 bridgehead atoms. The third kappa shape index (κ3) is 6.93. The average Bonchev–Trinajstić information content (AvgIpc) is 2.37. The molecule has 1 saturated carbocycles. The van der Waals surface area contributed by atoms with E-state index in [9.17, 15) is 9.59 Å². The summed E-state index contributed by atoms with van der Waals surface area (Å²) in [6.45, 7) is 6.79. The molecule has 1 rings (SSSR count). The summed E-state index contributed by atoms with van der Waals surface area (Å²) in [6, 6.07) is 0. The summed E-state index contributed by atoms with van der Waals surface area (Å²) in [5.74, 6) is -0.0140. The molecular formula is C16H31N3O2. The molecule has 2 amide bonds. The van der Waals surface area contributed by atoms with Gasteiger partial charge in [-0.1, -0.05) is 19.3 Å². The quantitative estimate of drug-likeness (QED) is 0.698. The van der Waals surface area contributed by atoms with Gasteiger partial charge in [0.05, 0.1) is 0 Å². The van der Waals surface area contributed by atoms with E-state index in [1.165, 1.54) is 19.3 Å². The molecule has 5 heteroatoms. The Balaban J connectivity index is 2.29. The molecule has 4 N–H and O–H groups in total. The van der Waals surface area contributed by atoms with Crippen LogP contribution in [0, 0.1) is 5.41 Å². The zero-order chi connectivity index (χ0) is 15.9. The Morgan fingerprint density at radius 2 is 1.71 bits per heavy atom. The molecule has 1 aliphatic carbocycles. The van der Waals surface area contributed by atoms with Gasteiger partial charge in [-0.25, -0.2) is 0 Å². The van der Waals surface area contributed by atoms with Gasteiger partial charge in [0.2, 0.25) is 11.8 Å². The lowest BCUT2D eigenvalue weighted by Gasteiger charge is -2.35. The first-order chi connectivity index (χ1) is 9.76. The molecular weight excluding hydrogens is 266 g/mol. The van der Waals surface area contributed by atoms with E-state index in [0.29, 0.717) is 25.9 Å². The van der Waals surface area contributed by atoms with E-state index in [0.717, 1.165) is 12.8 Å². The first kappa shape index (κ1) is 18.0. The van der Waals surface area contributed by atoms with E-state index in [4.69, 9.17) is 5.73 Å². The fourth-order valence-corrected chi connectivity index (χ4v) is 2.95. The highest BCUT2D eigenvalue weighted by Crippen LogP contribution is 2.38. The number of carbonyl (C=O) groups is 2. The summed E-state index contributed by atoms with van der Waals surface area (Å²) in [6.07, 6.45) is 6.47. The average molecular weight is 297 g/mol. The summed E-state index contributed by atoms with van der Waals surface area (Å²) in [4.78, 5) is 23.7. The zero-order valence-electron chi connectivity index (χ0n) is 13.8. The van der Waals surface area contributed by atoms with Gasteiger partial charge < -0.3 is 16.4 Å². The molecule has 1 aliphatic rings. The first-order valence-corrected chi connectivity index (χ1v) is 8.04. The van der Waals surface area contributed by atoms with Crippen molar-refractivity contribution >= 4 is 11.8 Å². The SMILES string of the molecule is CC(C)(C)NC(=O)CCNC(=O)CC1(CN)CCCCC1. The molecule has 0 atom stereocenters. The van der Waals surface area contributed by atoms with Crippen LogP contribution in [0.4, 0.5) is 0 Å². The molecule has 0 aromatic heterocycles. The molecule has 122 valence electrons. The van der Waals surface area contributed by atoms with Crippen molar-refractivity contribution in [3.05, 3.63) is 0 Å². The van der Waals surface area contributed by atoms with Crippen molar-refractivity contribution in [1.82, 2.24) is 10.6 Å². The molecule has 5 nitrogen and oxygen atoms in total. The van der Waals surface area contributed by atoms with Crippen LogP contribution in [0.2, 0.25) is 0 Å². The lowest BCUT2D eigenvalue weighted by molar-refractivity contribution is -0.124. The van der Waals surface area contributed by atoms with E-state index in [1.54, 1.807) is 0 Å². The van der Waals surface area contributed by atoms with Gasteiger partial charge in [-0.05, 0) is 45.6 Å². The largest absolute Gasteiger partial charge is 0.356 e. The minimum atomic E-state index is -0.229. The number of carbonyl (C=O) groups excluding carboxylic acids is 2. The predicted molar refractivity (Wildman–Crippen MR) is 84.7 cm³/mol. The Hall–Kier alpha value is -1.10. The van der Waals surface area contributed by atoms with Crippen LogP contribution >= 0.6 is 0 Å². The Morgan fingerprint density at radius 3 is 2.24 bits per heavy atom. The third-order valence-electron chi connectivity index (χ3n) is 4.07. The molecule has 0 unspecified atom stereocenters. The summed E-state index contributed by atoms with van der Waals surface area (Å²) in [5, 5.41) is 5.73. The molecule has 0 aromatic carbocycles. The summed E-state index contributed by atoms with van der Waals surface area (Å²) < 4.78 is 0. The normalized spacial score (nSPS) is 18.1. The standard InChI is InChI=1S/C16H31N3O2/c1-15(2,3)19-13(20)7-10-18-14(21)11-16(12-17)8-5-4-6-9-16/h4-12,17H2,1-3H3,(H,18,21)(H,19,20). The highest BCUT2D eigenvalue weighted by Gasteiger charge is 2.32. The van der Waals surface area contributed by atoms with Gasteiger partial charge in [-0.15, -0.1) is 0 Å². The van der Waals surface area contributed by atoms with Crippen LogP contribution in [0.1, 0.15) is 65.7 Å². The number of hydrogen-bond donors (Lipinski definition) is 3. The van der Waals surface area contributed by atoms with Gasteiger partial charge in [0.15, 0.2) is 0 Å². The number of nitrogens with one attached hydrogen (secondary N) is 2. The van der Waals surface area contributed by atoms with Crippen LogP contribution in [0.3, 0.4) is 0 Å². The van der Waals surface area contributed by atoms with Gasteiger partial charge in [0.25, 0.3) is 0 Å². The lowest BCUT2D eigenvalue weighted by Crippen LogP contribution is -2.42. The molecule has 0 heterocycles. The Labute approximate surface area is 128 Å². The highest BCUT2D eigenvalue weighted by atomic mass is 16.2. The van der Waals surface area contributed by atoms with Gasteiger partial charge in [0, 0.05) is 24.9 Å². The van der Waals surface area contributed by atoms with Crippen LogP contribution in [0.25, 0.3) is 0 Å². The molecule has 0 aromatic rings. The van der Waals surface area contributed by atoms with Crippen molar-refractivity contribution in [1.29, 1.82) is 0 Å². The smallest absolute Gasteiger partial charge is 0.222 e. The van der Waals surface area contributed by atoms with Crippen molar-refractivity contribution in [3.63, 3.8) is 0 Å². The molecule has 1 fully saturated rings. The molecule has 0 saturated heterocycles. The van der Waals surface area contributed by atoms with Crippen molar-refractivity contribution < 1.29 is 9.59 Å². The van der Waals surface area contributed by atoms with E-state index < -0.39 is 0 Å². The minimum absolute atomic E-state index is 0.0179. The highest BCUT2D eigenvalue weighted by molar-refractivity contribution is 5.79. The van der Waals surface area contributed by atoms with Crippen LogP contribution in [-0.4, -0.2) is 30.4 Å². The summed E-state index contributed by atoms with van der Waals surface area (Å²) in [7, 11) is 0. The number of amides is 2. The predicted octanol–water partition coefficient (Wildman–Crippen LogP) is 1.71. The van der Waals surface area contributed by atoms with Crippen LogP contribution < -0.4 is 16.4 Å². The minimum Gasteiger partial charge on any atom is -0.356 e. The Bertz CT molecular complexity index is 355. The maximum Gasteiger partial charge on any atom is 0.222 e. The van der Waals surface area contributed by atoms with Crippen molar-refractivity contribution in [2.45, 2.75) is 71.3 Å². The molecule has 0 aliphatic heterocycles. The van der Waals surface area contributed by atoms with E-state index in [2.05, 4.69) is 10.6 Å².